The third-order valence-electron chi connectivity index (χ3n) is 15.9. The number of esters is 4. The first-order chi connectivity index (χ1) is 42.3. The fraction of sp³-hybridized carbons (Fsp3) is 0.233. The molecule has 0 radical (unpaired) electrons. The lowest BCUT2D eigenvalue weighted by Gasteiger charge is -2.10. The van der Waals surface area contributed by atoms with Crippen molar-refractivity contribution in [1.29, 1.82) is 0 Å². The summed E-state index contributed by atoms with van der Waals surface area (Å²) in [6.07, 6.45) is 8.35. The summed E-state index contributed by atoms with van der Waals surface area (Å²) in [7, 11) is 0. The van der Waals surface area contributed by atoms with Gasteiger partial charge in [0.05, 0.1) is 49.9 Å². The molecular weight excluding hydrogens is 1090 g/mol. The van der Waals surface area contributed by atoms with Gasteiger partial charge in [-0.05, 0) is 96.5 Å². The van der Waals surface area contributed by atoms with Gasteiger partial charge in [-0.1, -0.05) is 155 Å². The number of rotatable bonds is 23. The molecule has 14 nitrogen and oxygen atoms in total. The number of carbonyl (C=O) groups is 4. The lowest BCUT2D eigenvalue weighted by atomic mass is 9.99. The Hall–Kier alpha value is -10.1. The first-order valence-corrected chi connectivity index (χ1v) is 29.7. The molecule has 2 aliphatic carbocycles. The molecule has 87 heavy (non-hydrogen) atoms. The minimum absolute atomic E-state index is 0. The predicted molar refractivity (Wildman–Crippen MR) is 347 cm³/mol. The molecule has 0 atom stereocenters. The highest BCUT2D eigenvalue weighted by Crippen LogP contribution is 2.42. The summed E-state index contributed by atoms with van der Waals surface area (Å²) in [4.78, 5) is 52.4. The summed E-state index contributed by atoms with van der Waals surface area (Å²) in [5.41, 5.74) is 15.2. The van der Waals surface area contributed by atoms with E-state index in [-0.39, 0.29) is 57.4 Å². The van der Waals surface area contributed by atoms with Crippen LogP contribution in [0.3, 0.4) is 0 Å². The Morgan fingerprint density at radius 2 is 0.793 bits per heavy atom. The topological polar surface area (TPSA) is 164 Å². The smallest absolute Gasteiger partial charge is 0.338 e. The zero-order valence-electron chi connectivity index (χ0n) is 48.2. The second-order valence-electron chi connectivity index (χ2n) is 21.5. The number of ether oxygens (including phenoxy) is 4. The van der Waals surface area contributed by atoms with Gasteiger partial charge in [0.2, 0.25) is 0 Å². The molecule has 2 aliphatic rings. The minimum Gasteiger partial charge on any atom is -0.464 e. The highest BCUT2D eigenvalue weighted by atomic mass is 16.5. The van der Waals surface area contributed by atoms with Crippen LogP contribution in [0.25, 0.3) is 65.9 Å². The molecule has 0 aliphatic heterocycles. The van der Waals surface area contributed by atoms with Crippen LogP contribution in [0.5, 0.6) is 0 Å². The van der Waals surface area contributed by atoms with Crippen molar-refractivity contribution in [2.45, 2.75) is 85.7 Å². The molecule has 14 heteroatoms. The van der Waals surface area contributed by atoms with Gasteiger partial charge in [0.15, 0.2) is 0 Å². The van der Waals surface area contributed by atoms with E-state index >= 15 is 0 Å². The van der Waals surface area contributed by atoms with E-state index in [1.54, 1.807) is 12.4 Å². The molecule has 0 unspecified atom stereocenters. The van der Waals surface area contributed by atoms with E-state index in [2.05, 4.69) is 81.7 Å². The van der Waals surface area contributed by atoms with Crippen LogP contribution in [0.2, 0.25) is 0 Å². The molecule has 0 saturated heterocycles. The maximum Gasteiger partial charge on any atom is 0.338 e. The number of nitrogens with zero attached hydrogens (tertiary/aromatic N) is 6. The van der Waals surface area contributed by atoms with Crippen molar-refractivity contribution in [3.8, 4) is 22.3 Å². The lowest BCUT2D eigenvalue weighted by molar-refractivity contribution is -0.146. The number of carbonyl (C=O) groups excluding carboxylic acids is 4. The summed E-state index contributed by atoms with van der Waals surface area (Å²) in [5.74, 6) is -1.31. The number of unbranched alkanes of at least 4 members (excludes halogenated alkanes) is 3. The Morgan fingerprint density at radius 3 is 1.23 bits per heavy atom. The van der Waals surface area contributed by atoms with Crippen LogP contribution in [0.15, 0.2) is 190 Å². The van der Waals surface area contributed by atoms with Gasteiger partial charge in [-0.3, -0.25) is 9.59 Å². The standard InChI is InChI=1S/C72H64N6O8.CH4/c1-3-5-39-85-71(81)57-27-17-25-55-67(57)51-21-7-9-23-53(51)69(55)75-73-45-47-33-35-63-59(43-47)49-19-11-13-29-61(49)77(63)37-41-83-65(79)31-15-16-32-66(80)84-42-38-78-62-30-14-12-20-50(62)60-44-48(34-36-64(60)78)46-74-76-70-54-24-10-8-22-52(54)68-56(70)26-18-28-58(68)72(82)86-40-6-4-2;/h7-14,17-30,33-36,43-46H,3-6,15-16,31-32,37-42H2,1-2H3;1H4/b73-45+,74-46+,75-69+,76-70+;. The van der Waals surface area contributed by atoms with Gasteiger partial charge in [0.25, 0.3) is 0 Å². The van der Waals surface area contributed by atoms with E-state index < -0.39 is 0 Å². The van der Waals surface area contributed by atoms with Crippen molar-refractivity contribution < 1.29 is 38.1 Å². The molecule has 0 fully saturated rings. The van der Waals surface area contributed by atoms with Gasteiger partial charge in [0, 0.05) is 89.8 Å². The Kier molecular flexibility index (Phi) is 18.1. The molecule has 10 aromatic rings. The molecule has 8 aromatic carbocycles. The second kappa shape index (κ2) is 26.9. The number of benzene rings is 8. The molecule has 2 heterocycles. The summed E-state index contributed by atoms with van der Waals surface area (Å²) >= 11 is 0. The molecular formula is C73H68N6O8. The zero-order chi connectivity index (χ0) is 58.9. The molecule has 0 amide bonds. The second-order valence-corrected chi connectivity index (χ2v) is 21.5. The van der Waals surface area contributed by atoms with Crippen LogP contribution in [0.1, 0.15) is 127 Å². The average Bonchev–Trinajstić information content (AvgIpc) is 1.92. The molecule has 12 rings (SSSR count). The number of hydrogen-bond acceptors (Lipinski definition) is 12. The van der Waals surface area contributed by atoms with E-state index in [9.17, 15) is 19.2 Å². The SMILES string of the molecule is C.CCCCOC(=O)c1cccc2c1-c1ccccc1/C2=N\N=C\c1ccc2c(c1)c1ccccc1n2CCOC(=O)CCCCC(=O)OCCn1c2ccccc2c2cc(/C=N/N=C3\c4ccccc4-c4c(C(=O)OCCCC)cccc43)ccc21. The van der Waals surface area contributed by atoms with Crippen molar-refractivity contribution in [2.24, 2.45) is 20.4 Å². The normalized spacial score (nSPS) is 13.2. The summed E-state index contributed by atoms with van der Waals surface area (Å²) in [5, 5.41) is 22.8. The van der Waals surface area contributed by atoms with E-state index in [1.165, 1.54) is 0 Å². The van der Waals surface area contributed by atoms with Crippen LogP contribution in [0.4, 0.5) is 0 Å². The van der Waals surface area contributed by atoms with Crippen molar-refractivity contribution >= 4 is 91.3 Å². The van der Waals surface area contributed by atoms with Crippen molar-refractivity contribution in [3.63, 3.8) is 0 Å². The minimum atomic E-state index is -0.342. The number of para-hydroxylation sites is 2. The highest BCUT2D eigenvalue weighted by molar-refractivity contribution is 6.28. The predicted octanol–water partition coefficient (Wildman–Crippen LogP) is 15.5. The summed E-state index contributed by atoms with van der Waals surface area (Å²) in [6.45, 7) is 6.18. The maximum atomic E-state index is 13.2. The Bertz CT molecular complexity index is 4110. The first-order valence-electron chi connectivity index (χ1n) is 29.7. The fourth-order valence-corrected chi connectivity index (χ4v) is 11.8. The van der Waals surface area contributed by atoms with Crippen LogP contribution in [-0.4, -0.2) is 83.3 Å². The van der Waals surface area contributed by atoms with Crippen molar-refractivity contribution in [3.05, 3.63) is 214 Å². The molecule has 0 saturated carbocycles. The third kappa shape index (κ3) is 12.1. The van der Waals surface area contributed by atoms with E-state index in [0.717, 1.165) is 125 Å². The number of aromatic nitrogens is 2. The van der Waals surface area contributed by atoms with Gasteiger partial charge < -0.3 is 28.1 Å². The summed E-state index contributed by atoms with van der Waals surface area (Å²) < 4.78 is 27.0. The van der Waals surface area contributed by atoms with Gasteiger partial charge in [0.1, 0.15) is 24.6 Å². The molecule has 0 bridgehead atoms. The average molecular weight is 1160 g/mol. The molecule has 438 valence electrons. The van der Waals surface area contributed by atoms with Crippen molar-refractivity contribution in [1.82, 2.24) is 9.13 Å². The van der Waals surface area contributed by atoms with Crippen LogP contribution in [-0.2, 0) is 41.6 Å². The monoisotopic (exact) mass is 1160 g/mol. The fourth-order valence-electron chi connectivity index (χ4n) is 11.8. The first kappa shape index (κ1) is 58.7. The van der Waals surface area contributed by atoms with Crippen molar-refractivity contribution in [2.75, 3.05) is 26.4 Å². The zero-order valence-corrected chi connectivity index (χ0v) is 48.2. The summed E-state index contributed by atoms with van der Waals surface area (Å²) in [6, 6.07) is 55.7. The van der Waals surface area contributed by atoms with Crippen LogP contribution in [0, 0.1) is 0 Å². The lowest BCUT2D eigenvalue weighted by Crippen LogP contribution is -2.12. The molecule has 0 N–H and O–H groups in total. The van der Waals surface area contributed by atoms with Gasteiger partial charge in [-0.15, -0.1) is 10.2 Å². The van der Waals surface area contributed by atoms with E-state index in [1.807, 2.05) is 121 Å². The Balaban J connectivity index is 0.00000784. The Labute approximate surface area is 505 Å². The molecule has 2 aromatic heterocycles. The quantitative estimate of drug-likeness (QED) is 0.0201. The van der Waals surface area contributed by atoms with Crippen LogP contribution < -0.4 is 0 Å². The largest absolute Gasteiger partial charge is 0.464 e. The molecule has 0 spiro atoms. The van der Waals surface area contributed by atoms with Crippen LogP contribution >= 0.6 is 0 Å². The van der Waals surface area contributed by atoms with E-state index in [0.29, 0.717) is 61.7 Å². The highest BCUT2D eigenvalue weighted by Gasteiger charge is 2.31. The maximum absolute atomic E-state index is 13.2. The van der Waals surface area contributed by atoms with Gasteiger partial charge in [-0.25, -0.2) is 9.59 Å². The van der Waals surface area contributed by atoms with E-state index in [4.69, 9.17) is 29.2 Å². The number of hydrogen-bond donors (Lipinski definition) is 0. The van der Waals surface area contributed by atoms with Gasteiger partial charge in [-0.2, -0.15) is 10.2 Å². The Morgan fingerprint density at radius 1 is 0.402 bits per heavy atom. The number of fused-ring (bicyclic) bond motifs is 12. The van der Waals surface area contributed by atoms with Gasteiger partial charge >= 0.3 is 23.9 Å². The third-order valence-corrected chi connectivity index (χ3v) is 15.9.